The van der Waals surface area contributed by atoms with Crippen LogP contribution in [0.3, 0.4) is 0 Å². The van der Waals surface area contributed by atoms with Crippen LogP contribution in [0.4, 0.5) is 0 Å². The molecule has 0 radical (unpaired) electrons. The highest BCUT2D eigenvalue weighted by Gasteiger charge is 2.23. The standard InChI is InChI=1S/C22H32N4O/c1-3-21(26-15-11-23-12-16-26)22(18(2)27)24-20-9-13-25(14-10-20)17-19-7-5-4-6-8-19/h3-8,20,23-24H,1,9-17H2,2H3/b22-21-. The minimum Gasteiger partial charge on any atom is -0.378 e. The van der Waals surface area contributed by atoms with E-state index in [-0.39, 0.29) is 5.78 Å². The van der Waals surface area contributed by atoms with E-state index in [0.29, 0.717) is 6.04 Å². The van der Waals surface area contributed by atoms with E-state index in [2.05, 4.69) is 57.3 Å². The fourth-order valence-corrected chi connectivity index (χ4v) is 3.93. The molecule has 1 aromatic rings. The van der Waals surface area contributed by atoms with E-state index in [4.69, 9.17) is 0 Å². The maximum Gasteiger partial charge on any atom is 0.177 e. The third-order valence-corrected chi connectivity index (χ3v) is 5.44. The minimum absolute atomic E-state index is 0.0927. The Bertz CT molecular complexity index is 656. The Morgan fingerprint density at radius 3 is 2.44 bits per heavy atom. The van der Waals surface area contributed by atoms with Crippen molar-refractivity contribution in [2.24, 2.45) is 0 Å². The van der Waals surface area contributed by atoms with Gasteiger partial charge in [0.25, 0.3) is 0 Å². The van der Waals surface area contributed by atoms with E-state index in [9.17, 15) is 4.79 Å². The van der Waals surface area contributed by atoms with Crippen LogP contribution in [0.5, 0.6) is 0 Å². The van der Waals surface area contributed by atoms with Gasteiger partial charge in [0.05, 0.1) is 5.70 Å². The number of carbonyl (C=O) groups excluding carboxylic acids is 1. The molecule has 2 aliphatic heterocycles. The zero-order chi connectivity index (χ0) is 19.1. The molecule has 0 saturated carbocycles. The van der Waals surface area contributed by atoms with Crippen LogP contribution in [0.2, 0.25) is 0 Å². The Morgan fingerprint density at radius 2 is 1.85 bits per heavy atom. The molecule has 0 spiro atoms. The first-order valence-corrected chi connectivity index (χ1v) is 10.0. The molecule has 5 nitrogen and oxygen atoms in total. The van der Waals surface area contributed by atoms with Crippen molar-refractivity contribution in [1.82, 2.24) is 20.4 Å². The number of Topliss-reactive ketones (excluding diaryl/α,β-unsaturated/α-hetero) is 1. The Morgan fingerprint density at radius 1 is 1.19 bits per heavy atom. The number of allylic oxidation sites excluding steroid dienone is 2. The van der Waals surface area contributed by atoms with Gasteiger partial charge in [0, 0.05) is 58.8 Å². The molecule has 146 valence electrons. The third kappa shape index (κ3) is 5.44. The van der Waals surface area contributed by atoms with Crippen LogP contribution in [0.15, 0.2) is 54.4 Å². The second-order valence-corrected chi connectivity index (χ2v) is 7.44. The normalized spacial score (nSPS) is 20.1. The number of piperidine rings is 1. The van der Waals surface area contributed by atoms with E-state index in [1.807, 2.05) is 6.08 Å². The van der Waals surface area contributed by atoms with Crippen LogP contribution in [-0.4, -0.2) is 60.9 Å². The Balaban J connectivity index is 1.60. The van der Waals surface area contributed by atoms with Gasteiger partial charge in [0.2, 0.25) is 0 Å². The highest BCUT2D eigenvalue weighted by Crippen LogP contribution is 2.18. The number of rotatable bonds is 7. The molecule has 0 unspecified atom stereocenters. The van der Waals surface area contributed by atoms with Crippen molar-refractivity contribution in [3.05, 3.63) is 59.9 Å². The minimum atomic E-state index is 0.0927. The number of carbonyl (C=O) groups is 1. The van der Waals surface area contributed by atoms with Crippen molar-refractivity contribution in [2.45, 2.75) is 32.4 Å². The quantitative estimate of drug-likeness (QED) is 0.570. The molecule has 27 heavy (non-hydrogen) atoms. The molecule has 0 amide bonds. The van der Waals surface area contributed by atoms with Crippen molar-refractivity contribution in [2.75, 3.05) is 39.3 Å². The molecule has 0 bridgehead atoms. The fourth-order valence-electron chi connectivity index (χ4n) is 3.93. The SMILES string of the molecule is C=C/C(=C(/NC1CCN(Cc2ccccc2)CC1)C(C)=O)N1CCNCC1. The lowest BCUT2D eigenvalue weighted by Crippen LogP contribution is -2.46. The molecular formula is C22H32N4O. The van der Waals surface area contributed by atoms with Gasteiger partial charge in [-0.05, 0) is 24.5 Å². The Labute approximate surface area is 163 Å². The lowest BCUT2D eigenvalue weighted by Gasteiger charge is -2.35. The zero-order valence-electron chi connectivity index (χ0n) is 16.4. The molecule has 0 aliphatic carbocycles. The molecule has 1 aromatic carbocycles. The van der Waals surface area contributed by atoms with Crippen molar-refractivity contribution < 1.29 is 4.79 Å². The van der Waals surface area contributed by atoms with Gasteiger partial charge in [-0.15, -0.1) is 0 Å². The predicted octanol–water partition coefficient (Wildman–Crippen LogP) is 2.13. The number of hydrogen-bond acceptors (Lipinski definition) is 5. The summed E-state index contributed by atoms with van der Waals surface area (Å²) in [5, 5.41) is 6.92. The van der Waals surface area contributed by atoms with Crippen LogP contribution in [0.25, 0.3) is 0 Å². The van der Waals surface area contributed by atoms with E-state index >= 15 is 0 Å². The average molecular weight is 369 g/mol. The van der Waals surface area contributed by atoms with Crippen LogP contribution in [0.1, 0.15) is 25.3 Å². The highest BCUT2D eigenvalue weighted by atomic mass is 16.1. The first-order valence-electron chi connectivity index (χ1n) is 10.0. The molecule has 2 saturated heterocycles. The van der Waals surface area contributed by atoms with Crippen molar-refractivity contribution in [3.8, 4) is 0 Å². The second-order valence-electron chi connectivity index (χ2n) is 7.44. The summed E-state index contributed by atoms with van der Waals surface area (Å²) >= 11 is 0. The first kappa shape index (κ1) is 19.6. The van der Waals surface area contributed by atoms with Crippen molar-refractivity contribution in [3.63, 3.8) is 0 Å². The van der Waals surface area contributed by atoms with Gasteiger partial charge in [0.1, 0.15) is 5.70 Å². The molecule has 0 atom stereocenters. The molecule has 2 aliphatic rings. The maximum atomic E-state index is 12.3. The Hall–Kier alpha value is -2.11. The summed E-state index contributed by atoms with van der Waals surface area (Å²) in [7, 11) is 0. The largest absolute Gasteiger partial charge is 0.378 e. The summed E-state index contributed by atoms with van der Waals surface area (Å²) in [5.41, 5.74) is 3.05. The number of nitrogens with zero attached hydrogens (tertiary/aromatic N) is 2. The molecule has 3 rings (SSSR count). The smallest absolute Gasteiger partial charge is 0.177 e. The topological polar surface area (TPSA) is 47.6 Å². The summed E-state index contributed by atoms with van der Waals surface area (Å²) in [5.74, 6) is 0.0927. The fraction of sp³-hybridized carbons (Fsp3) is 0.500. The first-order chi connectivity index (χ1) is 13.2. The van der Waals surface area contributed by atoms with Gasteiger partial charge in [0.15, 0.2) is 5.78 Å². The molecule has 5 heteroatoms. The van der Waals surface area contributed by atoms with E-state index < -0.39 is 0 Å². The zero-order valence-corrected chi connectivity index (χ0v) is 16.4. The van der Waals surface area contributed by atoms with Crippen molar-refractivity contribution >= 4 is 5.78 Å². The Kier molecular flexibility index (Phi) is 7.07. The lowest BCUT2D eigenvalue weighted by molar-refractivity contribution is -0.114. The predicted molar refractivity (Wildman–Crippen MR) is 110 cm³/mol. The van der Waals surface area contributed by atoms with E-state index in [1.54, 1.807) is 6.92 Å². The van der Waals surface area contributed by atoms with E-state index in [0.717, 1.165) is 70.0 Å². The number of benzene rings is 1. The monoisotopic (exact) mass is 368 g/mol. The number of hydrogen-bond donors (Lipinski definition) is 2. The number of likely N-dealkylation sites (tertiary alicyclic amines) is 1. The second kappa shape index (κ2) is 9.72. The van der Waals surface area contributed by atoms with Crippen LogP contribution < -0.4 is 10.6 Å². The molecule has 2 fully saturated rings. The van der Waals surface area contributed by atoms with Crippen molar-refractivity contribution in [1.29, 1.82) is 0 Å². The maximum absolute atomic E-state index is 12.3. The lowest BCUT2D eigenvalue weighted by atomic mass is 10.0. The molecular weight excluding hydrogens is 336 g/mol. The third-order valence-electron chi connectivity index (χ3n) is 5.44. The van der Waals surface area contributed by atoms with Crippen LogP contribution in [-0.2, 0) is 11.3 Å². The summed E-state index contributed by atoms with van der Waals surface area (Å²) in [4.78, 5) is 17.1. The van der Waals surface area contributed by atoms with Gasteiger partial charge >= 0.3 is 0 Å². The van der Waals surface area contributed by atoms with Gasteiger partial charge in [-0.1, -0.05) is 36.9 Å². The summed E-state index contributed by atoms with van der Waals surface area (Å²) < 4.78 is 0. The number of ketones is 1. The molecule has 2 N–H and O–H groups in total. The van der Waals surface area contributed by atoms with Gasteiger partial charge in [-0.25, -0.2) is 0 Å². The van der Waals surface area contributed by atoms with Gasteiger partial charge in [-0.3, -0.25) is 9.69 Å². The summed E-state index contributed by atoms with van der Waals surface area (Å²) in [6.45, 7) is 12.4. The van der Waals surface area contributed by atoms with Gasteiger partial charge in [-0.2, -0.15) is 0 Å². The number of nitrogens with one attached hydrogen (secondary N) is 2. The summed E-state index contributed by atoms with van der Waals surface area (Å²) in [6.07, 6.45) is 3.94. The van der Waals surface area contributed by atoms with Crippen LogP contribution >= 0.6 is 0 Å². The highest BCUT2D eigenvalue weighted by molar-refractivity contribution is 5.93. The molecule has 0 aromatic heterocycles. The summed E-state index contributed by atoms with van der Waals surface area (Å²) in [6, 6.07) is 11.0. The van der Waals surface area contributed by atoms with E-state index in [1.165, 1.54) is 5.56 Å². The molecule has 2 heterocycles. The van der Waals surface area contributed by atoms with Crippen LogP contribution in [0, 0.1) is 0 Å². The average Bonchev–Trinajstić information content (AvgIpc) is 2.70. The van der Waals surface area contributed by atoms with Gasteiger partial charge < -0.3 is 15.5 Å². The number of piperazine rings is 1.